The van der Waals surface area contributed by atoms with Crippen molar-refractivity contribution in [1.82, 2.24) is 26.2 Å². The van der Waals surface area contributed by atoms with Crippen molar-refractivity contribution in [3.05, 3.63) is 12.7 Å². The van der Waals surface area contributed by atoms with Crippen molar-refractivity contribution in [2.45, 2.75) is 124 Å². The van der Waals surface area contributed by atoms with E-state index in [0.717, 1.165) is 44.9 Å². The first-order chi connectivity index (χ1) is 22.4. The summed E-state index contributed by atoms with van der Waals surface area (Å²) in [7, 11) is 0. The predicted octanol–water partition coefficient (Wildman–Crippen LogP) is 3.88. The number of carbonyl (C=O) groups is 6. The van der Waals surface area contributed by atoms with Gasteiger partial charge in [0.1, 0.15) is 18.7 Å². The maximum absolute atomic E-state index is 14.6. The lowest BCUT2D eigenvalue weighted by molar-refractivity contribution is -0.145. The van der Waals surface area contributed by atoms with Crippen molar-refractivity contribution in [2.24, 2.45) is 34.0 Å². The summed E-state index contributed by atoms with van der Waals surface area (Å²) in [6.45, 7) is 17.7. The minimum Gasteiger partial charge on any atom is -0.447 e. The lowest BCUT2D eigenvalue weighted by Crippen LogP contribution is -2.63. The van der Waals surface area contributed by atoms with Crippen LogP contribution in [0.5, 0.6) is 0 Å². The van der Waals surface area contributed by atoms with Gasteiger partial charge < -0.3 is 30.9 Å². The van der Waals surface area contributed by atoms with Crippen LogP contribution in [0.4, 0.5) is 9.59 Å². The fraction of sp³-hybridized carbons (Fsp3) is 0.778. The fourth-order valence-corrected chi connectivity index (χ4v) is 7.66. The summed E-state index contributed by atoms with van der Waals surface area (Å²) >= 11 is 0. The van der Waals surface area contributed by atoms with Gasteiger partial charge >= 0.3 is 12.1 Å². The van der Waals surface area contributed by atoms with Crippen molar-refractivity contribution in [3.8, 4) is 0 Å². The number of urea groups is 1. The standard InChI is InChI=1S/C36H57N5O7/c1-9-13-24(28(43)21(2)42)38-30(44)27-26-23(35(26,6)7)19-41(27)31(45)29(36(8)16-11-10-12-17-36)40-32(46)39-25(34(3,4)5)20-48-33(47)37-18-22-14-15-22/h9,22-27,29H,1,10-20H2,2-8H3,(H,37,47)(H,38,44)(H2,39,40,46)/t23-,24?,25?,26-,27?,29?/m0/s1. The highest BCUT2D eigenvalue weighted by atomic mass is 16.5. The Hall–Kier alpha value is -3.44. The second-order valence-corrected chi connectivity index (χ2v) is 16.5. The Labute approximate surface area is 285 Å². The molecule has 4 fully saturated rings. The van der Waals surface area contributed by atoms with E-state index in [4.69, 9.17) is 4.74 Å². The van der Waals surface area contributed by atoms with E-state index in [9.17, 15) is 28.8 Å². The summed E-state index contributed by atoms with van der Waals surface area (Å²) in [4.78, 5) is 80.7. The van der Waals surface area contributed by atoms with Crippen LogP contribution < -0.4 is 21.3 Å². The largest absolute Gasteiger partial charge is 0.447 e. The number of nitrogens with one attached hydrogen (secondary N) is 4. The monoisotopic (exact) mass is 671 g/mol. The van der Waals surface area contributed by atoms with Gasteiger partial charge in [-0.1, -0.05) is 66.9 Å². The molecule has 0 aromatic carbocycles. The summed E-state index contributed by atoms with van der Waals surface area (Å²) < 4.78 is 5.47. The number of alkyl carbamates (subject to hydrolysis) is 1. The van der Waals surface area contributed by atoms with E-state index in [0.29, 0.717) is 19.0 Å². The molecule has 268 valence electrons. The Morgan fingerprint density at radius 3 is 2.19 bits per heavy atom. The molecule has 5 amide bonds. The zero-order valence-electron chi connectivity index (χ0n) is 29.9. The molecule has 6 atom stereocenters. The van der Waals surface area contributed by atoms with Gasteiger partial charge in [0, 0.05) is 20.0 Å². The molecule has 1 heterocycles. The quantitative estimate of drug-likeness (QED) is 0.161. The third kappa shape index (κ3) is 8.58. The van der Waals surface area contributed by atoms with Crippen LogP contribution in [0.25, 0.3) is 0 Å². The molecule has 4 N–H and O–H groups in total. The average molecular weight is 672 g/mol. The van der Waals surface area contributed by atoms with Crippen LogP contribution in [0.15, 0.2) is 12.7 Å². The number of likely N-dealkylation sites (tertiary alicyclic amines) is 1. The number of nitrogens with zero attached hydrogens (tertiary/aromatic N) is 1. The van der Waals surface area contributed by atoms with Gasteiger partial charge in [-0.2, -0.15) is 0 Å². The van der Waals surface area contributed by atoms with Crippen LogP contribution in [0, 0.1) is 34.0 Å². The van der Waals surface area contributed by atoms with Crippen molar-refractivity contribution < 1.29 is 33.5 Å². The van der Waals surface area contributed by atoms with Crippen LogP contribution in [-0.4, -0.2) is 84.3 Å². The van der Waals surface area contributed by atoms with Crippen LogP contribution in [0.2, 0.25) is 0 Å². The lowest BCUT2D eigenvalue weighted by Gasteiger charge is -2.43. The van der Waals surface area contributed by atoms with E-state index in [-0.39, 0.29) is 36.2 Å². The molecule has 48 heavy (non-hydrogen) atoms. The van der Waals surface area contributed by atoms with Gasteiger partial charge in [0.25, 0.3) is 0 Å². The maximum Gasteiger partial charge on any atom is 0.407 e. The van der Waals surface area contributed by atoms with Crippen molar-refractivity contribution >= 4 is 35.5 Å². The second-order valence-electron chi connectivity index (χ2n) is 16.5. The zero-order valence-corrected chi connectivity index (χ0v) is 29.9. The van der Waals surface area contributed by atoms with Gasteiger partial charge in [0.15, 0.2) is 5.78 Å². The summed E-state index contributed by atoms with van der Waals surface area (Å²) in [6, 6.07) is -3.92. The maximum atomic E-state index is 14.6. The van der Waals surface area contributed by atoms with E-state index < -0.39 is 64.6 Å². The smallest absolute Gasteiger partial charge is 0.407 e. The number of amides is 5. The highest BCUT2D eigenvalue weighted by molar-refractivity contribution is 6.38. The van der Waals surface area contributed by atoms with Gasteiger partial charge in [-0.05, 0) is 66.1 Å². The van der Waals surface area contributed by atoms with Gasteiger partial charge in [0.2, 0.25) is 17.6 Å². The summed E-state index contributed by atoms with van der Waals surface area (Å²) in [5.74, 6) is -1.73. The normalized spacial score (nSPS) is 25.7. The van der Waals surface area contributed by atoms with E-state index in [1.54, 1.807) is 4.90 Å². The van der Waals surface area contributed by atoms with Crippen LogP contribution in [0.1, 0.15) is 99.8 Å². The SMILES string of the molecule is C=CCC(NC(=O)C1[C@@H]2[C@H](CN1C(=O)C(NC(=O)NC(COC(=O)NCC1CC1)C(C)(C)C)C1(C)CCCCC1)C2(C)C)C(=O)C(C)=O. The van der Waals surface area contributed by atoms with Crippen LogP contribution >= 0.6 is 0 Å². The molecule has 1 aliphatic heterocycles. The first-order valence-corrected chi connectivity index (χ1v) is 17.6. The molecule has 0 aromatic heterocycles. The Morgan fingerprint density at radius 2 is 1.62 bits per heavy atom. The molecule has 4 unspecified atom stereocenters. The molecule has 0 aromatic rings. The van der Waals surface area contributed by atoms with E-state index in [2.05, 4.69) is 41.7 Å². The van der Waals surface area contributed by atoms with Crippen molar-refractivity contribution in [1.29, 1.82) is 0 Å². The number of ketones is 2. The van der Waals surface area contributed by atoms with Gasteiger partial charge in [-0.3, -0.25) is 19.2 Å². The molecule has 12 heteroatoms. The molecule has 3 saturated carbocycles. The van der Waals surface area contributed by atoms with E-state index >= 15 is 0 Å². The Balaban J connectivity index is 1.53. The summed E-state index contributed by atoms with van der Waals surface area (Å²) in [5, 5.41) is 11.5. The number of fused-ring (bicyclic) bond motifs is 1. The number of piperidine rings is 1. The second kappa shape index (κ2) is 14.6. The van der Waals surface area contributed by atoms with E-state index in [1.807, 2.05) is 27.7 Å². The molecular formula is C36H57N5O7. The van der Waals surface area contributed by atoms with Crippen LogP contribution in [-0.2, 0) is 23.9 Å². The number of Topliss-reactive ketones (excluding diaryl/α,β-unsaturated/α-hetero) is 2. The number of ether oxygens (including phenoxy) is 1. The first kappa shape index (κ1) is 37.4. The summed E-state index contributed by atoms with van der Waals surface area (Å²) in [5.41, 5.74) is -1.20. The van der Waals surface area contributed by atoms with Gasteiger partial charge in [-0.15, -0.1) is 6.58 Å². The lowest BCUT2D eigenvalue weighted by atomic mass is 9.70. The molecule has 0 bridgehead atoms. The van der Waals surface area contributed by atoms with Crippen molar-refractivity contribution in [2.75, 3.05) is 19.7 Å². The third-order valence-corrected chi connectivity index (χ3v) is 11.3. The number of rotatable bonds is 14. The molecule has 4 aliphatic rings. The molecule has 0 radical (unpaired) electrons. The topological polar surface area (TPSA) is 163 Å². The Bertz CT molecular complexity index is 1280. The van der Waals surface area contributed by atoms with E-state index in [1.165, 1.54) is 13.0 Å². The van der Waals surface area contributed by atoms with Gasteiger partial charge in [-0.25, -0.2) is 9.59 Å². The van der Waals surface area contributed by atoms with Gasteiger partial charge in [0.05, 0.1) is 12.1 Å². The minimum absolute atomic E-state index is 0.0407. The highest BCUT2D eigenvalue weighted by Gasteiger charge is 2.70. The summed E-state index contributed by atoms with van der Waals surface area (Å²) in [6.07, 6.45) is 7.57. The Morgan fingerprint density at radius 1 is 0.979 bits per heavy atom. The minimum atomic E-state index is -1.06. The molecule has 3 aliphatic carbocycles. The molecule has 1 saturated heterocycles. The zero-order chi connectivity index (χ0) is 35.6. The number of hydrogen-bond donors (Lipinski definition) is 4. The highest BCUT2D eigenvalue weighted by Crippen LogP contribution is 2.65. The van der Waals surface area contributed by atoms with Crippen molar-refractivity contribution in [3.63, 3.8) is 0 Å². The Kier molecular flexibility index (Phi) is 11.4. The number of carbonyl (C=O) groups excluding carboxylic acids is 6. The molecule has 4 rings (SSSR count). The molecular weight excluding hydrogens is 614 g/mol. The number of hydrogen-bond acceptors (Lipinski definition) is 7. The average Bonchev–Trinajstić information content (AvgIpc) is 3.87. The molecule has 12 nitrogen and oxygen atoms in total. The predicted molar refractivity (Wildman–Crippen MR) is 181 cm³/mol. The fourth-order valence-electron chi connectivity index (χ4n) is 7.66. The van der Waals surface area contributed by atoms with Crippen LogP contribution in [0.3, 0.4) is 0 Å². The molecule has 0 spiro atoms. The third-order valence-electron chi connectivity index (χ3n) is 11.3. The first-order valence-electron chi connectivity index (χ1n) is 17.6.